The number of thiophene rings is 1. The SMILES string of the molecule is C[C@H](NC(=O)c1ccc(Br)s1)C(=O)OCCn1ccccc1=O. The maximum atomic E-state index is 11.9. The monoisotopic (exact) mass is 398 g/mol. The number of esters is 1. The third kappa shape index (κ3) is 5.04. The summed E-state index contributed by atoms with van der Waals surface area (Å²) >= 11 is 4.56. The predicted octanol–water partition coefficient (Wildman–Crippen LogP) is 2.03. The summed E-state index contributed by atoms with van der Waals surface area (Å²) in [5, 5.41) is 2.58. The van der Waals surface area contributed by atoms with Crippen LogP contribution >= 0.6 is 27.3 Å². The van der Waals surface area contributed by atoms with Gasteiger partial charge in [0.2, 0.25) is 0 Å². The normalized spacial score (nSPS) is 11.7. The number of rotatable bonds is 6. The molecule has 23 heavy (non-hydrogen) atoms. The summed E-state index contributed by atoms with van der Waals surface area (Å²) in [6.07, 6.45) is 1.62. The average Bonchev–Trinajstić information content (AvgIpc) is 2.95. The van der Waals surface area contributed by atoms with E-state index in [1.54, 1.807) is 37.4 Å². The summed E-state index contributed by atoms with van der Waals surface area (Å²) in [5.74, 6) is -0.873. The second-order valence-electron chi connectivity index (χ2n) is 4.70. The highest BCUT2D eigenvalue weighted by atomic mass is 79.9. The van der Waals surface area contributed by atoms with Crippen molar-refractivity contribution in [1.29, 1.82) is 0 Å². The number of halogens is 1. The highest BCUT2D eigenvalue weighted by Crippen LogP contribution is 2.21. The van der Waals surface area contributed by atoms with Crippen molar-refractivity contribution in [2.75, 3.05) is 6.61 Å². The van der Waals surface area contributed by atoms with E-state index in [9.17, 15) is 14.4 Å². The molecule has 0 saturated heterocycles. The molecule has 1 amide bonds. The van der Waals surface area contributed by atoms with Gasteiger partial charge in [0.05, 0.1) is 15.2 Å². The van der Waals surface area contributed by atoms with E-state index >= 15 is 0 Å². The van der Waals surface area contributed by atoms with Gasteiger partial charge in [-0.05, 0) is 41.1 Å². The predicted molar refractivity (Wildman–Crippen MR) is 90.6 cm³/mol. The number of nitrogens with zero attached hydrogens (tertiary/aromatic N) is 1. The Labute approximate surface area is 145 Å². The second kappa shape index (κ2) is 8.07. The summed E-state index contributed by atoms with van der Waals surface area (Å²) in [4.78, 5) is 35.8. The van der Waals surface area contributed by atoms with E-state index in [1.165, 1.54) is 22.0 Å². The van der Waals surface area contributed by atoms with Gasteiger partial charge < -0.3 is 14.6 Å². The topological polar surface area (TPSA) is 77.4 Å². The number of nitrogens with one attached hydrogen (secondary N) is 1. The molecule has 0 fully saturated rings. The molecule has 8 heteroatoms. The van der Waals surface area contributed by atoms with Gasteiger partial charge in [0.15, 0.2) is 0 Å². The molecule has 6 nitrogen and oxygen atoms in total. The van der Waals surface area contributed by atoms with Crippen molar-refractivity contribution in [2.24, 2.45) is 0 Å². The van der Waals surface area contributed by atoms with Crippen LogP contribution in [0.1, 0.15) is 16.6 Å². The average molecular weight is 399 g/mol. The Balaban J connectivity index is 1.80. The van der Waals surface area contributed by atoms with E-state index in [2.05, 4.69) is 21.2 Å². The molecule has 1 atom stereocenters. The largest absolute Gasteiger partial charge is 0.462 e. The van der Waals surface area contributed by atoms with Gasteiger partial charge in [-0.2, -0.15) is 0 Å². The van der Waals surface area contributed by atoms with Crippen LogP contribution in [0.5, 0.6) is 0 Å². The fraction of sp³-hybridized carbons (Fsp3) is 0.267. The maximum Gasteiger partial charge on any atom is 0.328 e. The van der Waals surface area contributed by atoms with Crippen molar-refractivity contribution >= 4 is 39.1 Å². The zero-order chi connectivity index (χ0) is 16.8. The van der Waals surface area contributed by atoms with Crippen molar-refractivity contribution in [3.8, 4) is 0 Å². The zero-order valence-corrected chi connectivity index (χ0v) is 14.7. The smallest absolute Gasteiger partial charge is 0.328 e. The minimum Gasteiger partial charge on any atom is -0.462 e. The lowest BCUT2D eigenvalue weighted by molar-refractivity contribution is -0.145. The Morgan fingerprint density at radius 1 is 1.35 bits per heavy atom. The van der Waals surface area contributed by atoms with E-state index in [0.29, 0.717) is 4.88 Å². The van der Waals surface area contributed by atoms with E-state index in [-0.39, 0.29) is 24.6 Å². The molecule has 0 aliphatic heterocycles. The van der Waals surface area contributed by atoms with Crippen LogP contribution in [0.15, 0.2) is 45.1 Å². The van der Waals surface area contributed by atoms with E-state index < -0.39 is 12.0 Å². The van der Waals surface area contributed by atoms with Crippen LogP contribution in [-0.4, -0.2) is 29.1 Å². The molecule has 0 bridgehead atoms. The summed E-state index contributed by atoms with van der Waals surface area (Å²) in [7, 11) is 0. The molecule has 122 valence electrons. The number of hydrogen-bond donors (Lipinski definition) is 1. The maximum absolute atomic E-state index is 11.9. The van der Waals surface area contributed by atoms with Crippen LogP contribution < -0.4 is 10.9 Å². The summed E-state index contributed by atoms with van der Waals surface area (Å²) in [6.45, 7) is 1.88. The van der Waals surface area contributed by atoms with Gasteiger partial charge in [-0.25, -0.2) is 4.79 Å². The van der Waals surface area contributed by atoms with Gasteiger partial charge in [-0.15, -0.1) is 11.3 Å². The van der Waals surface area contributed by atoms with Crippen molar-refractivity contribution in [2.45, 2.75) is 19.5 Å². The van der Waals surface area contributed by atoms with Gasteiger partial charge in [-0.3, -0.25) is 9.59 Å². The molecule has 0 aromatic carbocycles. The molecule has 2 aromatic rings. The number of hydrogen-bond acceptors (Lipinski definition) is 5. The molecule has 2 heterocycles. The summed E-state index contributed by atoms with van der Waals surface area (Å²) in [5.41, 5.74) is -0.159. The highest BCUT2D eigenvalue weighted by molar-refractivity contribution is 9.11. The third-order valence-corrected chi connectivity index (χ3v) is 4.60. The molecule has 2 rings (SSSR count). The highest BCUT2D eigenvalue weighted by Gasteiger charge is 2.18. The first-order chi connectivity index (χ1) is 11.0. The van der Waals surface area contributed by atoms with Crippen LogP contribution in [0.2, 0.25) is 0 Å². The third-order valence-electron chi connectivity index (χ3n) is 2.97. The summed E-state index contributed by atoms with van der Waals surface area (Å²) < 4.78 is 7.37. The first kappa shape index (κ1) is 17.4. The molecule has 0 unspecified atom stereocenters. The first-order valence-electron chi connectivity index (χ1n) is 6.85. The van der Waals surface area contributed by atoms with Crippen molar-refractivity contribution in [3.63, 3.8) is 0 Å². The van der Waals surface area contributed by atoms with Gasteiger partial charge in [0, 0.05) is 12.3 Å². The van der Waals surface area contributed by atoms with Gasteiger partial charge in [-0.1, -0.05) is 6.07 Å². The van der Waals surface area contributed by atoms with Crippen molar-refractivity contribution in [1.82, 2.24) is 9.88 Å². The van der Waals surface area contributed by atoms with Crippen LogP contribution in [0.4, 0.5) is 0 Å². The number of ether oxygens (including phenoxy) is 1. The molecule has 1 N–H and O–H groups in total. The number of aromatic nitrogens is 1. The Bertz CT molecular complexity index is 756. The van der Waals surface area contributed by atoms with Gasteiger partial charge in [0.25, 0.3) is 11.5 Å². The standard InChI is InChI=1S/C15H15BrN2O4S/c1-10(17-14(20)11-5-6-12(16)23-11)15(21)22-9-8-18-7-3-2-4-13(18)19/h2-7,10H,8-9H2,1H3,(H,17,20)/t10-/m0/s1. The van der Waals surface area contributed by atoms with E-state index in [1.807, 2.05) is 0 Å². The Morgan fingerprint density at radius 3 is 2.78 bits per heavy atom. The molecule has 0 spiro atoms. The number of carbonyl (C=O) groups is 2. The van der Waals surface area contributed by atoms with Crippen LogP contribution in [0, 0.1) is 0 Å². The van der Waals surface area contributed by atoms with Gasteiger partial charge >= 0.3 is 5.97 Å². The lowest BCUT2D eigenvalue weighted by Gasteiger charge is -2.13. The second-order valence-corrected chi connectivity index (χ2v) is 7.16. The molecule has 0 radical (unpaired) electrons. The zero-order valence-electron chi connectivity index (χ0n) is 12.3. The Morgan fingerprint density at radius 2 is 2.13 bits per heavy atom. The lowest BCUT2D eigenvalue weighted by Crippen LogP contribution is -2.39. The van der Waals surface area contributed by atoms with Crippen molar-refractivity contribution in [3.05, 3.63) is 55.5 Å². The van der Waals surface area contributed by atoms with Crippen LogP contribution in [0.3, 0.4) is 0 Å². The van der Waals surface area contributed by atoms with Crippen LogP contribution in [-0.2, 0) is 16.1 Å². The van der Waals surface area contributed by atoms with Crippen LogP contribution in [0.25, 0.3) is 0 Å². The molecule has 2 aromatic heterocycles. The number of carbonyl (C=O) groups excluding carboxylic acids is 2. The molecular formula is C15H15BrN2O4S. The van der Waals surface area contributed by atoms with Crippen molar-refractivity contribution < 1.29 is 14.3 Å². The van der Waals surface area contributed by atoms with Gasteiger partial charge in [0.1, 0.15) is 12.6 Å². The van der Waals surface area contributed by atoms with E-state index in [0.717, 1.165) is 3.79 Å². The molecular weight excluding hydrogens is 384 g/mol. The minimum atomic E-state index is -0.768. The quantitative estimate of drug-likeness (QED) is 0.755. The summed E-state index contributed by atoms with van der Waals surface area (Å²) in [6, 6.07) is 7.47. The lowest BCUT2D eigenvalue weighted by atomic mass is 10.3. The fourth-order valence-electron chi connectivity index (χ4n) is 1.78. The molecule has 0 aliphatic carbocycles. The molecule has 0 saturated carbocycles. The first-order valence-corrected chi connectivity index (χ1v) is 8.46. The fourth-order valence-corrected chi connectivity index (χ4v) is 3.07. The molecule has 0 aliphatic rings. The van der Waals surface area contributed by atoms with E-state index in [4.69, 9.17) is 4.74 Å². The number of pyridine rings is 1. The Kier molecular flexibility index (Phi) is 6.12. The number of amides is 1. The Hall–Kier alpha value is -1.93. The minimum absolute atomic E-state index is 0.0630.